The summed E-state index contributed by atoms with van der Waals surface area (Å²) >= 11 is 2.74. The van der Waals surface area contributed by atoms with E-state index < -0.39 is 17.7 Å². The monoisotopic (exact) mass is 629 g/mol. The zero-order valence-electron chi connectivity index (χ0n) is 25.0. The van der Waals surface area contributed by atoms with Crippen LogP contribution in [0.2, 0.25) is 0 Å². The molecule has 1 atom stereocenters. The third kappa shape index (κ3) is 6.97. The predicted octanol–water partition coefficient (Wildman–Crippen LogP) is 7.73. The fraction of sp³-hybridized carbons (Fsp3) is 0.294. The second-order valence-electron chi connectivity index (χ2n) is 10.4. The van der Waals surface area contributed by atoms with E-state index >= 15 is 0 Å². The lowest BCUT2D eigenvalue weighted by Crippen LogP contribution is -2.29. The van der Waals surface area contributed by atoms with Crippen LogP contribution < -0.4 is 14.4 Å². The van der Waals surface area contributed by atoms with E-state index in [1.54, 1.807) is 30.3 Å². The van der Waals surface area contributed by atoms with Crippen LogP contribution in [0.1, 0.15) is 61.4 Å². The van der Waals surface area contributed by atoms with Gasteiger partial charge in [-0.15, -0.1) is 10.2 Å². The molecule has 3 aromatic carbocycles. The number of carbonyl (C=O) groups excluding carboxylic acids is 2. The first-order chi connectivity index (χ1) is 21.4. The van der Waals surface area contributed by atoms with Gasteiger partial charge in [-0.25, -0.2) is 0 Å². The van der Waals surface area contributed by atoms with Gasteiger partial charge in [0.2, 0.25) is 5.13 Å². The highest BCUT2D eigenvalue weighted by molar-refractivity contribution is 8.00. The molecular weight excluding hydrogens is 595 g/mol. The van der Waals surface area contributed by atoms with Crippen molar-refractivity contribution in [3.8, 4) is 11.5 Å². The maximum absolute atomic E-state index is 13.7. The number of aliphatic hydroxyl groups is 1. The van der Waals surface area contributed by atoms with Crippen LogP contribution >= 0.6 is 23.1 Å². The van der Waals surface area contributed by atoms with Gasteiger partial charge in [-0.1, -0.05) is 109 Å². The molecule has 1 fully saturated rings. The Hall–Kier alpha value is -4.15. The molecule has 2 heterocycles. The number of benzene rings is 3. The van der Waals surface area contributed by atoms with Crippen molar-refractivity contribution in [2.24, 2.45) is 0 Å². The molecule has 1 amide bonds. The van der Waals surface area contributed by atoms with Crippen molar-refractivity contribution in [3.05, 3.63) is 101 Å². The van der Waals surface area contributed by atoms with Crippen LogP contribution in [0.5, 0.6) is 11.5 Å². The standard InChI is InChI=1S/C34H35N3O5S2/c1-4-6-10-19-42-26-18-17-25(20-27(26)41-5-2)29-28(30(38)24-15-13-22(3)14-16-24)31(39)32(40)37(29)33-35-36-34(44-33)43-21-23-11-8-7-9-12-23/h7-9,11-18,20,29,38H,4-6,10,19,21H2,1-3H3. The number of hydrogen-bond acceptors (Lipinski definition) is 9. The first-order valence-corrected chi connectivity index (χ1v) is 16.5. The van der Waals surface area contributed by atoms with Crippen molar-refractivity contribution >= 4 is 45.7 Å². The summed E-state index contributed by atoms with van der Waals surface area (Å²) in [5.74, 6) is -0.0620. The SMILES string of the molecule is CCCCCOc1ccc(C2C(=C(O)c3ccc(C)cc3)C(=O)C(=O)N2c2nnc(SCc3ccccc3)s2)cc1OCC. The number of aromatic nitrogens is 2. The summed E-state index contributed by atoms with van der Waals surface area (Å²) in [5, 5.41) is 20.4. The second-order valence-corrected chi connectivity index (χ2v) is 12.5. The highest BCUT2D eigenvalue weighted by Crippen LogP contribution is 2.45. The number of aryl methyl sites for hydroxylation is 1. The number of unbranched alkanes of at least 4 members (excludes halogenated alkanes) is 2. The van der Waals surface area contributed by atoms with E-state index in [0.717, 1.165) is 30.4 Å². The van der Waals surface area contributed by atoms with Crippen LogP contribution in [0.15, 0.2) is 82.7 Å². The molecule has 0 radical (unpaired) electrons. The van der Waals surface area contributed by atoms with Crippen molar-refractivity contribution in [1.29, 1.82) is 0 Å². The lowest BCUT2D eigenvalue weighted by atomic mass is 9.95. The number of ketones is 1. The molecule has 5 rings (SSSR count). The Morgan fingerprint density at radius 1 is 0.955 bits per heavy atom. The van der Waals surface area contributed by atoms with Crippen LogP contribution in [0.3, 0.4) is 0 Å². The van der Waals surface area contributed by atoms with Crippen molar-refractivity contribution in [3.63, 3.8) is 0 Å². The van der Waals surface area contributed by atoms with Gasteiger partial charge in [-0.05, 0) is 43.5 Å². The summed E-state index contributed by atoms with van der Waals surface area (Å²) in [6.07, 6.45) is 3.06. The van der Waals surface area contributed by atoms with E-state index in [0.29, 0.717) is 45.9 Å². The van der Waals surface area contributed by atoms with E-state index in [2.05, 4.69) is 17.1 Å². The quantitative estimate of drug-likeness (QED) is 0.0400. The number of thioether (sulfide) groups is 1. The van der Waals surface area contributed by atoms with Gasteiger partial charge in [-0.2, -0.15) is 0 Å². The lowest BCUT2D eigenvalue weighted by molar-refractivity contribution is -0.132. The number of Topliss-reactive ketones (excluding diaryl/α,β-unsaturated/α-hetero) is 1. The second kappa shape index (κ2) is 14.5. The van der Waals surface area contributed by atoms with Crippen LogP contribution in [0, 0.1) is 6.92 Å². The molecule has 0 aliphatic carbocycles. The Morgan fingerprint density at radius 3 is 2.45 bits per heavy atom. The van der Waals surface area contributed by atoms with Crippen LogP contribution in [0.4, 0.5) is 5.13 Å². The normalized spacial score (nSPS) is 16.0. The molecule has 1 unspecified atom stereocenters. The number of carbonyl (C=O) groups is 2. The Balaban J connectivity index is 1.55. The summed E-state index contributed by atoms with van der Waals surface area (Å²) < 4.78 is 12.6. The van der Waals surface area contributed by atoms with Gasteiger partial charge >= 0.3 is 5.91 Å². The first-order valence-electron chi connectivity index (χ1n) is 14.7. The average molecular weight is 630 g/mol. The third-order valence-electron chi connectivity index (χ3n) is 7.17. The van der Waals surface area contributed by atoms with Gasteiger partial charge in [0.1, 0.15) is 5.76 Å². The largest absolute Gasteiger partial charge is 0.507 e. The summed E-state index contributed by atoms with van der Waals surface area (Å²) in [5.41, 5.74) is 3.13. The molecule has 0 spiro atoms. The minimum Gasteiger partial charge on any atom is -0.507 e. The van der Waals surface area contributed by atoms with Gasteiger partial charge in [0.05, 0.1) is 24.8 Å². The lowest BCUT2D eigenvalue weighted by Gasteiger charge is -2.23. The Labute approximate surface area is 265 Å². The van der Waals surface area contributed by atoms with Crippen molar-refractivity contribution < 1.29 is 24.2 Å². The summed E-state index contributed by atoms with van der Waals surface area (Å²) in [7, 11) is 0. The number of ether oxygens (including phenoxy) is 2. The molecule has 10 heteroatoms. The molecule has 1 aromatic heterocycles. The maximum atomic E-state index is 13.7. The number of amides is 1. The van der Waals surface area contributed by atoms with Crippen molar-refractivity contribution in [2.45, 2.75) is 56.2 Å². The van der Waals surface area contributed by atoms with Crippen LogP contribution in [-0.4, -0.2) is 40.2 Å². The average Bonchev–Trinajstić information content (AvgIpc) is 3.61. The van der Waals surface area contributed by atoms with Crippen molar-refractivity contribution in [1.82, 2.24) is 10.2 Å². The minimum atomic E-state index is -0.954. The highest BCUT2D eigenvalue weighted by atomic mass is 32.2. The molecule has 1 aliphatic rings. The van der Waals surface area contributed by atoms with Gasteiger partial charge < -0.3 is 14.6 Å². The Kier molecular flexibility index (Phi) is 10.3. The molecular formula is C34H35N3O5S2. The molecule has 0 saturated carbocycles. The smallest absolute Gasteiger partial charge is 0.301 e. The zero-order chi connectivity index (χ0) is 31.1. The zero-order valence-corrected chi connectivity index (χ0v) is 26.6. The van der Waals surface area contributed by atoms with Gasteiger partial charge in [0, 0.05) is 11.3 Å². The molecule has 0 bridgehead atoms. The third-order valence-corrected chi connectivity index (χ3v) is 9.29. The van der Waals surface area contributed by atoms with E-state index in [-0.39, 0.29) is 16.5 Å². The predicted molar refractivity (Wildman–Crippen MR) is 175 cm³/mol. The first kappa shape index (κ1) is 31.3. The minimum absolute atomic E-state index is 0.0217. The van der Waals surface area contributed by atoms with Gasteiger partial charge in [0.25, 0.3) is 5.78 Å². The van der Waals surface area contributed by atoms with Crippen molar-refractivity contribution in [2.75, 3.05) is 18.1 Å². The summed E-state index contributed by atoms with van der Waals surface area (Å²) in [6, 6.07) is 21.6. The fourth-order valence-corrected chi connectivity index (χ4v) is 6.73. The summed E-state index contributed by atoms with van der Waals surface area (Å²) in [4.78, 5) is 28.6. The number of anilines is 1. The molecule has 1 N–H and O–H groups in total. The molecule has 44 heavy (non-hydrogen) atoms. The molecule has 8 nitrogen and oxygen atoms in total. The summed E-state index contributed by atoms with van der Waals surface area (Å²) in [6.45, 7) is 6.90. The van der Waals surface area contributed by atoms with E-state index in [4.69, 9.17) is 9.47 Å². The number of aliphatic hydroxyl groups excluding tert-OH is 1. The van der Waals surface area contributed by atoms with E-state index in [9.17, 15) is 14.7 Å². The highest BCUT2D eigenvalue weighted by Gasteiger charge is 2.48. The number of hydrogen-bond donors (Lipinski definition) is 1. The number of rotatable bonds is 13. The maximum Gasteiger partial charge on any atom is 0.301 e. The molecule has 1 saturated heterocycles. The molecule has 228 valence electrons. The van der Waals surface area contributed by atoms with E-state index in [1.165, 1.54) is 28.0 Å². The Morgan fingerprint density at radius 2 is 1.73 bits per heavy atom. The van der Waals surface area contributed by atoms with Gasteiger partial charge in [-0.3, -0.25) is 14.5 Å². The van der Waals surface area contributed by atoms with E-state index in [1.807, 2.05) is 56.3 Å². The topological polar surface area (TPSA) is 102 Å². The van der Waals surface area contributed by atoms with Crippen LogP contribution in [0.25, 0.3) is 5.76 Å². The molecule has 4 aromatic rings. The number of nitrogens with zero attached hydrogens (tertiary/aromatic N) is 3. The Bertz CT molecular complexity index is 1640. The van der Waals surface area contributed by atoms with Gasteiger partial charge in [0.15, 0.2) is 15.8 Å². The van der Waals surface area contributed by atoms with Crippen LogP contribution in [-0.2, 0) is 15.3 Å². The molecule has 1 aliphatic heterocycles. The fourth-order valence-electron chi connectivity index (χ4n) is 4.91.